The van der Waals surface area contributed by atoms with Crippen LogP contribution in [0.1, 0.15) is 5.56 Å². The number of methoxy groups -OCH3 is 1. The molecule has 0 atom stereocenters. The smallest absolute Gasteiger partial charge is 0.411 e. The van der Waals surface area contributed by atoms with Gasteiger partial charge in [0.2, 0.25) is 0 Å². The summed E-state index contributed by atoms with van der Waals surface area (Å²) in [7, 11) is 1.63. The van der Waals surface area contributed by atoms with Crippen molar-refractivity contribution in [3.8, 4) is 5.75 Å². The van der Waals surface area contributed by atoms with Crippen molar-refractivity contribution in [2.75, 3.05) is 12.4 Å². The molecule has 0 aromatic heterocycles. The molecule has 2 aromatic rings. The number of halogens is 2. The summed E-state index contributed by atoms with van der Waals surface area (Å²) in [5.74, 6) is 0.805. The summed E-state index contributed by atoms with van der Waals surface area (Å²) in [4.78, 5) is 11.8. The van der Waals surface area contributed by atoms with Crippen LogP contribution < -0.4 is 10.1 Å². The minimum Gasteiger partial charge on any atom is -0.495 e. The summed E-state index contributed by atoms with van der Waals surface area (Å²) < 4.78 is 12.3. The third-order valence-electron chi connectivity index (χ3n) is 2.66. The molecule has 110 valence electrons. The molecule has 0 aliphatic heterocycles. The highest BCUT2D eigenvalue weighted by Crippen LogP contribution is 2.30. The normalized spacial score (nSPS) is 10.0. The second-order valence-electron chi connectivity index (χ2n) is 4.16. The fourth-order valence-electron chi connectivity index (χ4n) is 1.70. The van der Waals surface area contributed by atoms with Gasteiger partial charge < -0.3 is 9.47 Å². The molecular weight excluding hydrogens is 496 g/mol. The van der Waals surface area contributed by atoms with Crippen molar-refractivity contribution in [2.45, 2.75) is 6.61 Å². The minimum atomic E-state index is -0.476. The van der Waals surface area contributed by atoms with Gasteiger partial charge in [-0.1, -0.05) is 30.3 Å². The molecule has 4 nitrogen and oxygen atoms in total. The standard InChI is InChI=1S/C15H13I2NO3/c1-20-14-12(16)7-11(8-13(14)17)18-15(19)21-9-10-5-3-2-4-6-10/h2-8H,9H2,1H3,(H,18,19). The van der Waals surface area contributed by atoms with Gasteiger partial charge in [-0.25, -0.2) is 4.79 Å². The number of amides is 1. The zero-order valence-corrected chi connectivity index (χ0v) is 15.5. The lowest BCUT2D eigenvalue weighted by atomic mass is 10.2. The van der Waals surface area contributed by atoms with Crippen molar-refractivity contribution in [3.63, 3.8) is 0 Å². The number of anilines is 1. The average molecular weight is 509 g/mol. The Hall–Kier alpha value is -1.03. The maximum Gasteiger partial charge on any atom is 0.411 e. The Morgan fingerprint density at radius 1 is 1.14 bits per heavy atom. The third-order valence-corrected chi connectivity index (χ3v) is 4.26. The second-order valence-corrected chi connectivity index (χ2v) is 6.48. The van der Waals surface area contributed by atoms with E-state index in [9.17, 15) is 4.79 Å². The van der Waals surface area contributed by atoms with Gasteiger partial charge in [0.05, 0.1) is 14.3 Å². The quantitative estimate of drug-likeness (QED) is 0.611. The Morgan fingerprint density at radius 3 is 2.33 bits per heavy atom. The van der Waals surface area contributed by atoms with Crippen LogP contribution >= 0.6 is 45.2 Å². The zero-order valence-electron chi connectivity index (χ0n) is 11.2. The zero-order chi connectivity index (χ0) is 15.2. The molecule has 0 fully saturated rings. The summed E-state index contributed by atoms with van der Waals surface area (Å²) in [6.45, 7) is 0.247. The highest BCUT2D eigenvalue weighted by molar-refractivity contribution is 14.1. The molecule has 0 radical (unpaired) electrons. The van der Waals surface area contributed by atoms with Gasteiger partial charge in [-0.3, -0.25) is 5.32 Å². The lowest BCUT2D eigenvalue weighted by molar-refractivity contribution is 0.155. The minimum absolute atomic E-state index is 0.247. The van der Waals surface area contributed by atoms with Crippen LogP contribution in [0.2, 0.25) is 0 Å². The van der Waals surface area contributed by atoms with Crippen molar-refractivity contribution < 1.29 is 14.3 Å². The predicted octanol–water partition coefficient (Wildman–Crippen LogP) is 4.65. The second kappa shape index (κ2) is 7.83. The van der Waals surface area contributed by atoms with E-state index in [2.05, 4.69) is 50.5 Å². The number of carbonyl (C=O) groups is 1. The molecule has 2 rings (SSSR count). The number of hydrogen-bond donors (Lipinski definition) is 1. The summed E-state index contributed by atoms with van der Waals surface area (Å²) in [5, 5.41) is 2.72. The van der Waals surface area contributed by atoms with E-state index in [1.165, 1.54) is 0 Å². The number of nitrogens with one attached hydrogen (secondary N) is 1. The van der Waals surface area contributed by atoms with E-state index in [1.807, 2.05) is 42.5 Å². The van der Waals surface area contributed by atoms with Crippen molar-refractivity contribution in [1.82, 2.24) is 0 Å². The van der Waals surface area contributed by atoms with Crippen LogP contribution in [0.15, 0.2) is 42.5 Å². The molecule has 0 saturated carbocycles. The first-order valence-electron chi connectivity index (χ1n) is 6.11. The van der Waals surface area contributed by atoms with Crippen molar-refractivity contribution in [2.24, 2.45) is 0 Å². The number of rotatable bonds is 4. The molecule has 2 aromatic carbocycles. The van der Waals surface area contributed by atoms with Crippen molar-refractivity contribution in [1.29, 1.82) is 0 Å². The van der Waals surface area contributed by atoms with E-state index in [1.54, 1.807) is 7.11 Å². The fraction of sp³-hybridized carbons (Fsp3) is 0.133. The molecule has 0 aliphatic rings. The van der Waals surface area contributed by atoms with Crippen LogP contribution in [0.4, 0.5) is 10.5 Å². The Balaban J connectivity index is 1.97. The van der Waals surface area contributed by atoms with Gasteiger partial charge in [0.25, 0.3) is 0 Å². The topological polar surface area (TPSA) is 47.6 Å². The summed E-state index contributed by atoms with van der Waals surface area (Å²) in [6.07, 6.45) is -0.476. The Labute approximate surface area is 150 Å². The molecule has 0 unspecified atom stereocenters. The number of ether oxygens (including phenoxy) is 2. The van der Waals surface area contributed by atoms with Gasteiger partial charge in [0.15, 0.2) is 0 Å². The van der Waals surface area contributed by atoms with Gasteiger partial charge in [-0.2, -0.15) is 0 Å². The first-order valence-corrected chi connectivity index (χ1v) is 8.26. The fourth-order valence-corrected chi connectivity index (χ4v) is 3.91. The van der Waals surface area contributed by atoms with Gasteiger partial charge in [-0.05, 0) is 62.9 Å². The average Bonchev–Trinajstić information content (AvgIpc) is 2.46. The van der Waals surface area contributed by atoms with Crippen LogP contribution in [0.5, 0.6) is 5.75 Å². The molecule has 6 heteroatoms. The van der Waals surface area contributed by atoms with Gasteiger partial charge in [0, 0.05) is 5.69 Å². The molecule has 0 bridgehead atoms. The Morgan fingerprint density at radius 2 is 1.76 bits per heavy atom. The SMILES string of the molecule is COc1c(I)cc(NC(=O)OCc2ccccc2)cc1I. The number of carbonyl (C=O) groups excluding carboxylic acids is 1. The van der Waals surface area contributed by atoms with Crippen LogP contribution in [0.25, 0.3) is 0 Å². The number of hydrogen-bond acceptors (Lipinski definition) is 3. The van der Waals surface area contributed by atoms with Crippen LogP contribution in [0, 0.1) is 7.14 Å². The lowest BCUT2D eigenvalue weighted by Gasteiger charge is -2.11. The van der Waals surface area contributed by atoms with E-state index in [0.29, 0.717) is 5.69 Å². The first-order chi connectivity index (χ1) is 10.1. The van der Waals surface area contributed by atoms with Crippen LogP contribution in [-0.4, -0.2) is 13.2 Å². The molecular formula is C15H13I2NO3. The lowest BCUT2D eigenvalue weighted by Crippen LogP contribution is -2.13. The molecule has 0 heterocycles. The Bertz CT molecular complexity index is 609. The molecule has 1 N–H and O–H groups in total. The molecule has 1 amide bonds. The monoisotopic (exact) mass is 509 g/mol. The third kappa shape index (κ3) is 4.73. The largest absolute Gasteiger partial charge is 0.495 e. The Kier molecular flexibility index (Phi) is 6.09. The maximum absolute atomic E-state index is 11.8. The van der Waals surface area contributed by atoms with Gasteiger partial charge >= 0.3 is 6.09 Å². The van der Waals surface area contributed by atoms with E-state index >= 15 is 0 Å². The van der Waals surface area contributed by atoms with E-state index in [0.717, 1.165) is 18.5 Å². The van der Waals surface area contributed by atoms with E-state index in [-0.39, 0.29) is 6.61 Å². The summed E-state index contributed by atoms with van der Waals surface area (Å²) in [5.41, 5.74) is 1.63. The van der Waals surface area contributed by atoms with E-state index in [4.69, 9.17) is 9.47 Å². The highest BCUT2D eigenvalue weighted by Gasteiger charge is 2.10. The molecule has 0 aliphatic carbocycles. The number of benzene rings is 2. The van der Waals surface area contributed by atoms with Crippen LogP contribution in [-0.2, 0) is 11.3 Å². The van der Waals surface area contributed by atoms with Gasteiger partial charge in [0.1, 0.15) is 12.4 Å². The van der Waals surface area contributed by atoms with Crippen molar-refractivity contribution >= 4 is 57.0 Å². The highest BCUT2D eigenvalue weighted by atomic mass is 127. The van der Waals surface area contributed by atoms with Gasteiger partial charge in [-0.15, -0.1) is 0 Å². The summed E-state index contributed by atoms with van der Waals surface area (Å²) >= 11 is 4.33. The molecule has 0 spiro atoms. The molecule has 21 heavy (non-hydrogen) atoms. The predicted molar refractivity (Wildman–Crippen MR) is 98.7 cm³/mol. The van der Waals surface area contributed by atoms with Crippen molar-refractivity contribution in [3.05, 3.63) is 55.2 Å². The molecule has 0 saturated heterocycles. The van der Waals surface area contributed by atoms with Crippen LogP contribution in [0.3, 0.4) is 0 Å². The maximum atomic E-state index is 11.8. The van der Waals surface area contributed by atoms with E-state index < -0.39 is 6.09 Å². The first kappa shape index (κ1) is 16.3. The summed E-state index contributed by atoms with van der Waals surface area (Å²) in [6, 6.07) is 13.2.